The average molecular weight is 232 g/mol. The van der Waals surface area contributed by atoms with Crippen LogP contribution in [0.15, 0.2) is 24.3 Å². The van der Waals surface area contributed by atoms with Crippen LogP contribution in [0.5, 0.6) is 0 Å². The van der Waals surface area contributed by atoms with Gasteiger partial charge in [0.15, 0.2) is 0 Å². The van der Waals surface area contributed by atoms with Gasteiger partial charge in [0, 0.05) is 31.9 Å². The van der Waals surface area contributed by atoms with Gasteiger partial charge >= 0.3 is 0 Å². The van der Waals surface area contributed by atoms with Crippen molar-refractivity contribution < 1.29 is 9.18 Å². The molecular formula is C13H13FN2O. The topological polar surface area (TPSA) is 23.6 Å². The van der Waals surface area contributed by atoms with Gasteiger partial charge in [-0.1, -0.05) is 0 Å². The van der Waals surface area contributed by atoms with Crippen LogP contribution in [-0.4, -0.2) is 37.0 Å². The number of hydrogen-bond donors (Lipinski definition) is 0. The Morgan fingerprint density at radius 1 is 1.18 bits per heavy atom. The molecule has 1 aromatic rings. The summed E-state index contributed by atoms with van der Waals surface area (Å²) >= 11 is 0. The number of halogens is 1. The number of anilines is 1. The lowest BCUT2D eigenvalue weighted by molar-refractivity contribution is -0.125. The number of amides is 1. The summed E-state index contributed by atoms with van der Waals surface area (Å²) in [7, 11) is 0. The molecular weight excluding hydrogens is 219 g/mol. The van der Waals surface area contributed by atoms with Crippen molar-refractivity contribution >= 4 is 11.6 Å². The Hall–Kier alpha value is -2.02. The highest BCUT2D eigenvalue weighted by Crippen LogP contribution is 2.16. The lowest BCUT2D eigenvalue weighted by Crippen LogP contribution is -2.48. The van der Waals surface area contributed by atoms with Crippen LogP contribution < -0.4 is 4.90 Å². The maximum atomic E-state index is 12.8. The molecule has 0 spiro atoms. The lowest BCUT2D eigenvalue weighted by atomic mass is 10.2. The highest BCUT2D eigenvalue weighted by Gasteiger charge is 2.19. The lowest BCUT2D eigenvalue weighted by Gasteiger charge is -2.35. The minimum absolute atomic E-state index is 0.241. The highest BCUT2D eigenvalue weighted by atomic mass is 19.1. The van der Waals surface area contributed by atoms with Gasteiger partial charge in [-0.2, -0.15) is 0 Å². The van der Waals surface area contributed by atoms with Crippen LogP contribution in [0.2, 0.25) is 0 Å². The number of carbonyl (C=O) groups is 1. The second-order valence-electron chi connectivity index (χ2n) is 3.90. The molecule has 1 aromatic carbocycles. The molecule has 1 aliphatic rings. The van der Waals surface area contributed by atoms with Crippen LogP contribution in [0.1, 0.15) is 0 Å². The second kappa shape index (κ2) is 4.88. The van der Waals surface area contributed by atoms with Crippen molar-refractivity contribution in [2.75, 3.05) is 31.1 Å². The van der Waals surface area contributed by atoms with Gasteiger partial charge in [-0.05, 0) is 30.2 Å². The Balaban J connectivity index is 1.98. The van der Waals surface area contributed by atoms with E-state index in [4.69, 9.17) is 6.42 Å². The fourth-order valence-electron chi connectivity index (χ4n) is 1.91. The monoisotopic (exact) mass is 232 g/mol. The molecule has 0 aromatic heterocycles. The third-order valence-corrected chi connectivity index (χ3v) is 2.88. The number of rotatable bonds is 1. The van der Waals surface area contributed by atoms with Crippen molar-refractivity contribution in [1.82, 2.24) is 4.90 Å². The molecule has 1 heterocycles. The quantitative estimate of drug-likeness (QED) is 0.677. The zero-order valence-corrected chi connectivity index (χ0v) is 9.40. The highest BCUT2D eigenvalue weighted by molar-refractivity contribution is 5.93. The minimum atomic E-state index is -0.260. The van der Waals surface area contributed by atoms with Crippen molar-refractivity contribution in [1.29, 1.82) is 0 Å². The van der Waals surface area contributed by atoms with E-state index in [0.29, 0.717) is 13.1 Å². The van der Waals surface area contributed by atoms with E-state index in [1.165, 1.54) is 12.1 Å². The molecule has 0 saturated carbocycles. The standard InChI is InChI=1S/C13H13FN2O/c1-2-13(17)16-9-7-15(8-10-16)12-5-3-11(14)4-6-12/h1,3-6H,7-10H2. The third kappa shape index (κ3) is 2.56. The summed E-state index contributed by atoms with van der Waals surface area (Å²) in [6.45, 7) is 2.67. The molecule has 17 heavy (non-hydrogen) atoms. The van der Waals surface area contributed by atoms with E-state index < -0.39 is 0 Å². The average Bonchev–Trinajstić information content (AvgIpc) is 2.39. The molecule has 0 atom stereocenters. The molecule has 0 radical (unpaired) electrons. The summed E-state index contributed by atoms with van der Waals surface area (Å²) in [5.74, 6) is 1.61. The Bertz CT molecular complexity index is 441. The van der Waals surface area contributed by atoms with Gasteiger partial charge in [-0.3, -0.25) is 4.79 Å². The largest absolute Gasteiger partial charge is 0.368 e. The van der Waals surface area contributed by atoms with Gasteiger partial charge in [0.25, 0.3) is 5.91 Å². The first-order valence-electron chi connectivity index (χ1n) is 5.47. The van der Waals surface area contributed by atoms with Crippen molar-refractivity contribution in [3.05, 3.63) is 30.1 Å². The summed E-state index contributed by atoms with van der Waals surface area (Å²) < 4.78 is 12.8. The molecule has 3 nitrogen and oxygen atoms in total. The van der Waals surface area contributed by atoms with Crippen molar-refractivity contribution in [2.45, 2.75) is 0 Å². The maximum Gasteiger partial charge on any atom is 0.298 e. The van der Waals surface area contributed by atoms with Gasteiger partial charge in [0.05, 0.1) is 0 Å². The zero-order valence-electron chi connectivity index (χ0n) is 9.40. The third-order valence-electron chi connectivity index (χ3n) is 2.88. The molecule has 0 N–H and O–H groups in total. The summed E-state index contributed by atoms with van der Waals surface area (Å²) in [5.41, 5.74) is 0.971. The predicted molar refractivity (Wildman–Crippen MR) is 64.0 cm³/mol. The van der Waals surface area contributed by atoms with Gasteiger partial charge in [0.2, 0.25) is 0 Å². The van der Waals surface area contributed by atoms with Crippen molar-refractivity contribution in [2.24, 2.45) is 0 Å². The molecule has 4 heteroatoms. The normalized spacial score (nSPS) is 15.5. The SMILES string of the molecule is C#CC(=O)N1CCN(c2ccc(F)cc2)CC1. The van der Waals surface area contributed by atoms with E-state index in [1.54, 1.807) is 17.0 Å². The molecule has 1 saturated heterocycles. The van der Waals surface area contributed by atoms with E-state index >= 15 is 0 Å². The van der Waals surface area contributed by atoms with E-state index in [9.17, 15) is 9.18 Å². The smallest absolute Gasteiger partial charge is 0.298 e. The predicted octanol–water partition coefficient (Wildman–Crippen LogP) is 1.11. The Labute approximate surface area is 99.8 Å². The first-order chi connectivity index (χ1) is 8.20. The van der Waals surface area contributed by atoms with Crippen LogP contribution in [-0.2, 0) is 4.79 Å². The van der Waals surface area contributed by atoms with Gasteiger partial charge in [-0.15, -0.1) is 6.42 Å². The van der Waals surface area contributed by atoms with Crippen LogP contribution in [0.25, 0.3) is 0 Å². The minimum Gasteiger partial charge on any atom is -0.368 e. The summed E-state index contributed by atoms with van der Waals surface area (Å²) in [6.07, 6.45) is 5.07. The van der Waals surface area contributed by atoms with E-state index in [0.717, 1.165) is 18.8 Å². The first kappa shape index (κ1) is 11.5. The van der Waals surface area contributed by atoms with Crippen molar-refractivity contribution in [3.8, 4) is 12.3 Å². The number of hydrogen-bond acceptors (Lipinski definition) is 2. The summed E-state index contributed by atoms with van der Waals surface area (Å²) in [6, 6.07) is 6.37. The molecule has 88 valence electrons. The second-order valence-corrected chi connectivity index (χ2v) is 3.90. The molecule has 0 unspecified atom stereocenters. The molecule has 1 aliphatic heterocycles. The van der Waals surface area contributed by atoms with Gasteiger partial charge in [0.1, 0.15) is 5.82 Å². The van der Waals surface area contributed by atoms with Crippen LogP contribution in [0, 0.1) is 18.2 Å². The van der Waals surface area contributed by atoms with E-state index in [2.05, 4.69) is 10.8 Å². The Morgan fingerprint density at radius 3 is 2.29 bits per heavy atom. The molecule has 1 amide bonds. The van der Waals surface area contributed by atoms with Crippen LogP contribution in [0.3, 0.4) is 0 Å². The fraction of sp³-hybridized carbons (Fsp3) is 0.308. The van der Waals surface area contributed by atoms with Crippen LogP contribution in [0.4, 0.5) is 10.1 Å². The zero-order chi connectivity index (χ0) is 12.3. The number of terminal acetylenes is 1. The fourth-order valence-corrected chi connectivity index (χ4v) is 1.91. The summed E-state index contributed by atoms with van der Waals surface area (Å²) in [5, 5.41) is 0. The van der Waals surface area contributed by atoms with Crippen LogP contribution >= 0.6 is 0 Å². The number of benzene rings is 1. The number of nitrogens with zero attached hydrogens (tertiary/aromatic N) is 2. The molecule has 2 rings (SSSR count). The molecule has 0 aliphatic carbocycles. The van der Waals surface area contributed by atoms with Gasteiger partial charge < -0.3 is 9.80 Å². The van der Waals surface area contributed by atoms with E-state index in [1.807, 2.05) is 0 Å². The van der Waals surface area contributed by atoms with Crippen molar-refractivity contribution in [3.63, 3.8) is 0 Å². The van der Waals surface area contributed by atoms with E-state index in [-0.39, 0.29) is 11.7 Å². The Kier molecular flexibility index (Phi) is 3.29. The first-order valence-corrected chi connectivity index (χ1v) is 5.47. The maximum absolute atomic E-state index is 12.8. The number of piperazine rings is 1. The summed E-state index contributed by atoms with van der Waals surface area (Å²) in [4.78, 5) is 15.0. The molecule has 0 bridgehead atoms. The Morgan fingerprint density at radius 2 is 1.76 bits per heavy atom. The number of carbonyl (C=O) groups excluding carboxylic acids is 1. The van der Waals surface area contributed by atoms with Gasteiger partial charge in [-0.25, -0.2) is 4.39 Å². The molecule has 1 fully saturated rings.